The molecule has 0 aliphatic carbocycles. The van der Waals surface area contributed by atoms with Crippen LogP contribution in [0.4, 0.5) is 0 Å². The van der Waals surface area contributed by atoms with Gasteiger partial charge in [-0.3, -0.25) is 0 Å². The number of benzene rings is 1. The molecule has 0 unspecified atom stereocenters. The van der Waals surface area contributed by atoms with Crippen molar-refractivity contribution in [2.45, 2.75) is 26.7 Å². The highest BCUT2D eigenvalue weighted by molar-refractivity contribution is 5.56. The second-order valence-electron chi connectivity index (χ2n) is 4.50. The third-order valence-corrected chi connectivity index (χ3v) is 2.63. The van der Waals surface area contributed by atoms with E-state index in [1.807, 2.05) is 45.0 Å². The Labute approximate surface area is 101 Å². The van der Waals surface area contributed by atoms with Crippen molar-refractivity contribution in [3.05, 3.63) is 41.6 Å². The number of aryl methyl sites for hydroxylation is 1. The van der Waals surface area contributed by atoms with Gasteiger partial charge in [0.2, 0.25) is 5.88 Å². The van der Waals surface area contributed by atoms with Crippen LogP contribution in [0.5, 0.6) is 5.88 Å². The molecule has 1 N–H and O–H groups in total. The molecular formula is C14H16N2O. The Morgan fingerprint density at radius 1 is 1.06 bits per heavy atom. The third-order valence-electron chi connectivity index (χ3n) is 2.63. The van der Waals surface area contributed by atoms with Gasteiger partial charge in [0.05, 0.1) is 5.69 Å². The van der Waals surface area contributed by atoms with E-state index in [0.717, 1.165) is 11.3 Å². The zero-order valence-corrected chi connectivity index (χ0v) is 10.3. The van der Waals surface area contributed by atoms with Crippen LogP contribution in [-0.2, 0) is 0 Å². The van der Waals surface area contributed by atoms with Gasteiger partial charge < -0.3 is 5.11 Å². The lowest BCUT2D eigenvalue weighted by atomic mass is 10.1. The number of aromatic nitrogens is 2. The molecule has 0 radical (unpaired) electrons. The molecule has 0 bridgehead atoms. The van der Waals surface area contributed by atoms with Gasteiger partial charge in [-0.1, -0.05) is 43.7 Å². The average Bonchev–Trinajstić information content (AvgIpc) is 2.29. The molecule has 1 aromatic carbocycles. The Hall–Kier alpha value is -1.90. The number of aromatic hydroxyl groups is 1. The Morgan fingerprint density at radius 3 is 2.29 bits per heavy atom. The monoisotopic (exact) mass is 228 g/mol. The second-order valence-corrected chi connectivity index (χ2v) is 4.50. The van der Waals surface area contributed by atoms with Crippen molar-refractivity contribution in [1.82, 2.24) is 9.97 Å². The number of rotatable bonds is 2. The summed E-state index contributed by atoms with van der Waals surface area (Å²) in [4.78, 5) is 8.52. The normalized spacial score (nSPS) is 10.8. The van der Waals surface area contributed by atoms with E-state index in [9.17, 15) is 5.11 Å². The number of hydrogen-bond donors (Lipinski definition) is 1. The first-order valence-corrected chi connectivity index (χ1v) is 5.71. The summed E-state index contributed by atoms with van der Waals surface area (Å²) in [6, 6.07) is 9.57. The molecule has 0 saturated heterocycles. The minimum atomic E-state index is 0.0271. The third kappa shape index (κ3) is 2.61. The maximum atomic E-state index is 9.61. The molecule has 0 fully saturated rings. The fraction of sp³-hybridized carbons (Fsp3) is 0.286. The molecule has 0 amide bonds. The summed E-state index contributed by atoms with van der Waals surface area (Å²) < 4.78 is 0. The molecule has 1 aromatic heterocycles. The van der Waals surface area contributed by atoms with E-state index < -0.39 is 0 Å². The predicted molar refractivity (Wildman–Crippen MR) is 68.0 cm³/mol. The van der Waals surface area contributed by atoms with Gasteiger partial charge in [-0.2, -0.15) is 4.98 Å². The van der Waals surface area contributed by atoms with Crippen LogP contribution in [-0.4, -0.2) is 15.1 Å². The van der Waals surface area contributed by atoms with Crippen molar-refractivity contribution in [2.24, 2.45) is 0 Å². The molecule has 88 valence electrons. The smallest absolute Gasteiger partial charge is 0.214 e. The Morgan fingerprint density at radius 2 is 1.71 bits per heavy atom. The highest BCUT2D eigenvalue weighted by Gasteiger charge is 2.08. The van der Waals surface area contributed by atoms with Crippen molar-refractivity contribution >= 4 is 0 Å². The van der Waals surface area contributed by atoms with Crippen molar-refractivity contribution < 1.29 is 5.11 Å². The van der Waals surface area contributed by atoms with Crippen LogP contribution in [0.2, 0.25) is 0 Å². The number of nitrogens with zero attached hydrogens (tertiary/aromatic N) is 2. The first-order chi connectivity index (χ1) is 8.06. The van der Waals surface area contributed by atoms with Gasteiger partial charge >= 0.3 is 0 Å². The quantitative estimate of drug-likeness (QED) is 0.858. The topological polar surface area (TPSA) is 46.0 Å². The van der Waals surface area contributed by atoms with E-state index in [1.54, 1.807) is 6.07 Å². The molecule has 17 heavy (non-hydrogen) atoms. The van der Waals surface area contributed by atoms with E-state index in [-0.39, 0.29) is 11.8 Å². The molecule has 1 heterocycles. The van der Waals surface area contributed by atoms with Gasteiger partial charge in [-0.25, -0.2) is 4.98 Å². The Bertz CT molecular complexity index is 518. The van der Waals surface area contributed by atoms with Crippen molar-refractivity contribution in [1.29, 1.82) is 0 Å². The molecule has 0 aliphatic rings. The minimum Gasteiger partial charge on any atom is -0.493 e. The summed E-state index contributed by atoms with van der Waals surface area (Å²) in [5.74, 6) is 0.876. The highest BCUT2D eigenvalue weighted by Crippen LogP contribution is 2.22. The lowest BCUT2D eigenvalue weighted by Gasteiger charge is -2.07. The van der Waals surface area contributed by atoms with Gasteiger partial charge in [-0.15, -0.1) is 0 Å². The first-order valence-electron chi connectivity index (χ1n) is 5.71. The maximum Gasteiger partial charge on any atom is 0.214 e. The minimum absolute atomic E-state index is 0.0271. The van der Waals surface area contributed by atoms with Crippen LogP contribution in [0.3, 0.4) is 0 Å². The standard InChI is InChI=1S/C14H16N2O/c1-9(2)12-8-13(17)16-14(15-12)11-6-4-10(3)5-7-11/h4-9H,1-3H3,(H,15,16,17). The zero-order chi connectivity index (χ0) is 12.4. The van der Waals surface area contributed by atoms with E-state index in [4.69, 9.17) is 0 Å². The van der Waals surface area contributed by atoms with Gasteiger partial charge in [-0.05, 0) is 12.8 Å². The highest BCUT2D eigenvalue weighted by atomic mass is 16.3. The molecule has 0 aliphatic heterocycles. The first kappa shape index (κ1) is 11.6. The fourth-order valence-electron chi connectivity index (χ4n) is 1.58. The lowest BCUT2D eigenvalue weighted by molar-refractivity contribution is 0.451. The molecule has 3 nitrogen and oxygen atoms in total. The molecule has 2 aromatic rings. The van der Waals surface area contributed by atoms with E-state index >= 15 is 0 Å². The summed E-state index contributed by atoms with van der Waals surface area (Å²) in [6.45, 7) is 6.12. The van der Waals surface area contributed by atoms with Gasteiger partial charge in [0.15, 0.2) is 5.82 Å². The molecule has 3 heteroatoms. The van der Waals surface area contributed by atoms with Crippen LogP contribution >= 0.6 is 0 Å². The average molecular weight is 228 g/mol. The number of hydrogen-bond acceptors (Lipinski definition) is 3. The summed E-state index contributed by atoms with van der Waals surface area (Å²) in [5.41, 5.74) is 2.97. The van der Waals surface area contributed by atoms with Crippen LogP contribution < -0.4 is 0 Å². The SMILES string of the molecule is Cc1ccc(-c2nc(O)cc(C(C)C)n2)cc1. The maximum absolute atomic E-state index is 9.61. The second kappa shape index (κ2) is 4.53. The van der Waals surface area contributed by atoms with Gasteiger partial charge in [0.1, 0.15) is 0 Å². The molecule has 0 saturated carbocycles. The van der Waals surface area contributed by atoms with E-state index in [1.165, 1.54) is 5.56 Å². The van der Waals surface area contributed by atoms with Crippen LogP contribution in [0.25, 0.3) is 11.4 Å². The Balaban J connectivity index is 2.48. The van der Waals surface area contributed by atoms with Crippen molar-refractivity contribution in [3.63, 3.8) is 0 Å². The zero-order valence-electron chi connectivity index (χ0n) is 10.3. The summed E-state index contributed by atoms with van der Waals surface area (Å²) in [5, 5.41) is 9.61. The molecule has 0 spiro atoms. The molecule has 2 rings (SSSR count). The summed E-state index contributed by atoms with van der Waals surface area (Å²) in [7, 11) is 0. The van der Waals surface area contributed by atoms with Crippen LogP contribution in [0.15, 0.2) is 30.3 Å². The van der Waals surface area contributed by atoms with E-state index in [2.05, 4.69) is 9.97 Å². The lowest BCUT2D eigenvalue weighted by Crippen LogP contribution is -1.97. The Kier molecular flexibility index (Phi) is 3.09. The predicted octanol–water partition coefficient (Wildman–Crippen LogP) is 3.28. The molecule has 0 atom stereocenters. The van der Waals surface area contributed by atoms with Crippen LogP contribution in [0.1, 0.15) is 31.0 Å². The molecular weight excluding hydrogens is 212 g/mol. The fourth-order valence-corrected chi connectivity index (χ4v) is 1.58. The largest absolute Gasteiger partial charge is 0.493 e. The van der Waals surface area contributed by atoms with E-state index in [0.29, 0.717) is 5.82 Å². The summed E-state index contributed by atoms with van der Waals surface area (Å²) >= 11 is 0. The van der Waals surface area contributed by atoms with Crippen LogP contribution in [0, 0.1) is 6.92 Å². The van der Waals surface area contributed by atoms with Gasteiger partial charge in [0.25, 0.3) is 0 Å². The van der Waals surface area contributed by atoms with Crippen molar-refractivity contribution in [2.75, 3.05) is 0 Å². The summed E-state index contributed by atoms with van der Waals surface area (Å²) in [6.07, 6.45) is 0. The van der Waals surface area contributed by atoms with Gasteiger partial charge in [0, 0.05) is 11.6 Å². The van der Waals surface area contributed by atoms with Crippen molar-refractivity contribution in [3.8, 4) is 17.3 Å².